The number of aliphatic carboxylic acids is 1. The van der Waals surface area contributed by atoms with Gasteiger partial charge in [0, 0.05) is 6.54 Å². The summed E-state index contributed by atoms with van der Waals surface area (Å²) in [4.78, 5) is 24.9. The van der Waals surface area contributed by atoms with Crippen LogP contribution in [-0.4, -0.2) is 40.6 Å². The Morgan fingerprint density at radius 3 is 2.81 bits per heavy atom. The summed E-state index contributed by atoms with van der Waals surface area (Å²) in [6, 6.07) is 4.86. The molecular formula is C15H18BrNO4. The van der Waals surface area contributed by atoms with Gasteiger partial charge in [-0.25, -0.2) is 4.79 Å². The van der Waals surface area contributed by atoms with E-state index in [2.05, 4.69) is 15.9 Å². The highest BCUT2D eigenvalue weighted by molar-refractivity contribution is 9.10. The lowest BCUT2D eigenvalue weighted by Gasteiger charge is -2.25. The number of benzene rings is 1. The molecule has 21 heavy (non-hydrogen) atoms. The average Bonchev–Trinajstić information content (AvgIpc) is 2.90. The van der Waals surface area contributed by atoms with E-state index >= 15 is 0 Å². The molecule has 1 N–H and O–H groups in total. The molecule has 6 heteroatoms. The number of carboxylic acids is 1. The molecule has 1 saturated heterocycles. The van der Waals surface area contributed by atoms with Crippen molar-refractivity contribution in [1.82, 2.24) is 4.90 Å². The van der Waals surface area contributed by atoms with Crippen LogP contribution >= 0.6 is 15.9 Å². The molecule has 5 nitrogen and oxygen atoms in total. The minimum Gasteiger partial charge on any atom is -0.480 e. The lowest BCUT2D eigenvalue weighted by atomic mass is 10.2. The van der Waals surface area contributed by atoms with E-state index in [1.807, 2.05) is 19.1 Å². The second-order valence-corrected chi connectivity index (χ2v) is 6.08. The monoisotopic (exact) mass is 355 g/mol. The number of amides is 1. The molecule has 1 amide bonds. The molecule has 1 heterocycles. The second kappa shape index (κ2) is 6.47. The van der Waals surface area contributed by atoms with Crippen LogP contribution in [-0.2, 0) is 9.59 Å². The molecule has 0 aliphatic carbocycles. The molecule has 0 aromatic heterocycles. The van der Waals surface area contributed by atoms with Gasteiger partial charge in [-0.15, -0.1) is 0 Å². The minimum absolute atomic E-state index is 0.285. The minimum atomic E-state index is -0.954. The van der Waals surface area contributed by atoms with Crippen molar-refractivity contribution < 1.29 is 19.4 Å². The molecule has 1 aliphatic rings. The van der Waals surface area contributed by atoms with Gasteiger partial charge < -0.3 is 14.7 Å². The maximum absolute atomic E-state index is 12.4. The van der Waals surface area contributed by atoms with Crippen LogP contribution in [0.15, 0.2) is 22.7 Å². The Morgan fingerprint density at radius 1 is 1.48 bits per heavy atom. The molecule has 1 aromatic carbocycles. The summed E-state index contributed by atoms with van der Waals surface area (Å²) in [6.07, 6.45) is 0.495. The van der Waals surface area contributed by atoms with Gasteiger partial charge in [0.25, 0.3) is 5.91 Å². The first-order chi connectivity index (χ1) is 9.90. The highest BCUT2D eigenvalue weighted by Crippen LogP contribution is 2.27. The molecule has 0 bridgehead atoms. The normalized spacial score (nSPS) is 19.4. The summed E-state index contributed by atoms with van der Waals surface area (Å²) >= 11 is 3.40. The van der Waals surface area contributed by atoms with Crippen LogP contribution in [0.1, 0.15) is 25.3 Å². The summed E-state index contributed by atoms with van der Waals surface area (Å²) in [5.41, 5.74) is 1.08. The van der Waals surface area contributed by atoms with E-state index in [1.165, 1.54) is 4.90 Å². The molecule has 114 valence electrons. The lowest BCUT2D eigenvalue weighted by Crippen LogP contribution is -2.46. The fraction of sp³-hybridized carbons (Fsp3) is 0.467. The van der Waals surface area contributed by atoms with Gasteiger partial charge in [-0.3, -0.25) is 4.79 Å². The topological polar surface area (TPSA) is 66.8 Å². The van der Waals surface area contributed by atoms with E-state index in [9.17, 15) is 9.59 Å². The van der Waals surface area contributed by atoms with Crippen LogP contribution in [0.3, 0.4) is 0 Å². The lowest BCUT2D eigenvalue weighted by molar-refractivity contribution is -0.150. The molecule has 1 fully saturated rings. The van der Waals surface area contributed by atoms with E-state index in [0.717, 1.165) is 10.0 Å². The standard InChI is InChI=1S/C15H18BrNO4/c1-9-5-6-13(11(16)8-9)21-10(2)14(18)17-7-3-4-12(17)15(19)20/h5-6,8,10,12H,3-4,7H2,1-2H3,(H,19,20)/t10?,12-/m1/s1. The smallest absolute Gasteiger partial charge is 0.326 e. The Morgan fingerprint density at radius 2 is 2.19 bits per heavy atom. The Hall–Kier alpha value is -1.56. The number of carboxylic acid groups (broad SMARTS) is 1. The molecule has 1 aliphatic heterocycles. The van der Waals surface area contributed by atoms with Gasteiger partial charge >= 0.3 is 5.97 Å². The van der Waals surface area contributed by atoms with E-state index in [1.54, 1.807) is 13.0 Å². The summed E-state index contributed by atoms with van der Waals surface area (Å²) in [7, 11) is 0. The van der Waals surface area contributed by atoms with Crippen molar-refractivity contribution in [2.75, 3.05) is 6.54 Å². The first-order valence-corrected chi connectivity index (χ1v) is 7.65. The number of rotatable bonds is 4. The summed E-state index contributed by atoms with van der Waals surface area (Å²) in [5.74, 6) is -0.663. The highest BCUT2D eigenvalue weighted by Gasteiger charge is 2.36. The number of nitrogens with zero attached hydrogens (tertiary/aromatic N) is 1. The number of carbonyl (C=O) groups excluding carboxylic acids is 1. The van der Waals surface area contributed by atoms with Crippen LogP contribution in [0.4, 0.5) is 0 Å². The number of hydrogen-bond donors (Lipinski definition) is 1. The molecule has 2 rings (SSSR count). The van der Waals surface area contributed by atoms with Crippen LogP contribution in [0.2, 0.25) is 0 Å². The fourth-order valence-corrected chi connectivity index (χ4v) is 3.05. The third-order valence-corrected chi connectivity index (χ3v) is 4.18. The Kier molecular flexibility index (Phi) is 4.88. The summed E-state index contributed by atoms with van der Waals surface area (Å²) in [5, 5.41) is 9.14. The molecular weight excluding hydrogens is 338 g/mol. The predicted molar refractivity (Wildman–Crippen MR) is 81.3 cm³/mol. The molecule has 1 aromatic rings. The van der Waals surface area contributed by atoms with Gasteiger partial charge in [-0.2, -0.15) is 0 Å². The third-order valence-electron chi connectivity index (χ3n) is 3.56. The van der Waals surface area contributed by atoms with Crippen molar-refractivity contribution in [3.63, 3.8) is 0 Å². The Balaban J connectivity index is 2.07. The van der Waals surface area contributed by atoms with Gasteiger partial charge in [0.15, 0.2) is 6.10 Å². The van der Waals surface area contributed by atoms with Crippen LogP contribution in [0, 0.1) is 6.92 Å². The van der Waals surface area contributed by atoms with E-state index in [-0.39, 0.29) is 5.91 Å². The maximum Gasteiger partial charge on any atom is 0.326 e. The number of carbonyl (C=O) groups is 2. The maximum atomic E-state index is 12.4. The molecule has 2 atom stereocenters. The van der Waals surface area contributed by atoms with Crippen LogP contribution in [0.25, 0.3) is 0 Å². The predicted octanol–water partition coefficient (Wildman–Crippen LogP) is 2.60. The molecule has 0 radical (unpaired) electrons. The quantitative estimate of drug-likeness (QED) is 0.901. The number of hydrogen-bond acceptors (Lipinski definition) is 3. The van der Waals surface area contributed by atoms with Gasteiger partial charge in [-0.05, 0) is 60.3 Å². The Bertz CT molecular complexity index is 561. The SMILES string of the molecule is Cc1ccc(OC(C)C(=O)N2CCC[C@@H]2C(=O)O)c(Br)c1. The van der Waals surface area contributed by atoms with Gasteiger partial charge in [0.05, 0.1) is 4.47 Å². The first-order valence-electron chi connectivity index (χ1n) is 6.86. The second-order valence-electron chi connectivity index (χ2n) is 5.22. The van der Waals surface area contributed by atoms with Crippen molar-refractivity contribution in [3.8, 4) is 5.75 Å². The largest absolute Gasteiger partial charge is 0.480 e. The van der Waals surface area contributed by atoms with E-state index in [0.29, 0.717) is 25.1 Å². The van der Waals surface area contributed by atoms with Crippen molar-refractivity contribution >= 4 is 27.8 Å². The third kappa shape index (κ3) is 3.56. The van der Waals surface area contributed by atoms with Crippen molar-refractivity contribution in [3.05, 3.63) is 28.2 Å². The zero-order valence-corrected chi connectivity index (χ0v) is 13.6. The van der Waals surface area contributed by atoms with Crippen LogP contribution < -0.4 is 4.74 Å². The van der Waals surface area contributed by atoms with Crippen LogP contribution in [0.5, 0.6) is 5.75 Å². The molecule has 1 unspecified atom stereocenters. The fourth-order valence-electron chi connectivity index (χ4n) is 2.46. The Labute approximate surface area is 132 Å². The number of aryl methyl sites for hydroxylation is 1. The molecule has 0 spiro atoms. The van der Waals surface area contributed by atoms with Crippen molar-refractivity contribution in [2.45, 2.75) is 38.8 Å². The molecule has 0 saturated carbocycles. The van der Waals surface area contributed by atoms with Crippen molar-refractivity contribution in [1.29, 1.82) is 0 Å². The van der Waals surface area contributed by atoms with Gasteiger partial charge in [0.1, 0.15) is 11.8 Å². The zero-order valence-electron chi connectivity index (χ0n) is 12.0. The average molecular weight is 356 g/mol. The van der Waals surface area contributed by atoms with E-state index in [4.69, 9.17) is 9.84 Å². The summed E-state index contributed by atoms with van der Waals surface area (Å²) < 4.78 is 6.45. The number of halogens is 1. The van der Waals surface area contributed by atoms with E-state index < -0.39 is 18.1 Å². The first kappa shape index (κ1) is 15.8. The number of likely N-dealkylation sites (tertiary alicyclic amines) is 1. The van der Waals surface area contributed by atoms with Gasteiger partial charge in [-0.1, -0.05) is 6.07 Å². The zero-order chi connectivity index (χ0) is 15.6. The number of ether oxygens (including phenoxy) is 1. The highest BCUT2D eigenvalue weighted by atomic mass is 79.9. The van der Waals surface area contributed by atoms with Crippen molar-refractivity contribution in [2.24, 2.45) is 0 Å². The summed E-state index contributed by atoms with van der Waals surface area (Å²) in [6.45, 7) is 4.08. The van der Waals surface area contributed by atoms with Gasteiger partial charge in [0.2, 0.25) is 0 Å².